The van der Waals surface area contributed by atoms with Crippen LogP contribution in [-0.2, 0) is 11.2 Å². The van der Waals surface area contributed by atoms with Crippen molar-refractivity contribution in [2.75, 3.05) is 0 Å². The van der Waals surface area contributed by atoms with Crippen molar-refractivity contribution >= 4 is 34.4 Å². The van der Waals surface area contributed by atoms with Crippen LogP contribution in [0.2, 0.25) is 5.02 Å². The van der Waals surface area contributed by atoms with Gasteiger partial charge in [0, 0.05) is 5.02 Å². The van der Waals surface area contributed by atoms with Gasteiger partial charge < -0.3 is 5.73 Å². The van der Waals surface area contributed by atoms with Crippen molar-refractivity contribution in [2.45, 2.75) is 11.7 Å². The highest BCUT2D eigenvalue weighted by atomic mass is 35.5. The van der Waals surface area contributed by atoms with Gasteiger partial charge in [-0.15, -0.1) is 0 Å². The molecule has 0 aliphatic carbocycles. The molecule has 0 spiro atoms. The summed E-state index contributed by atoms with van der Waals surface area (Å²) in [5.41, 5.74) is 6.42. The molecule has 0 fully saturated rings. The molecule has 3 nitrogen and oxygen atoms in total. The third-order valence-corrected chi connectivity index (χ3v) is 3.48. The summed E-state index contributed by atoms with van der Waals surface area (Å²) in [4.78, 5) is 15.0. The number of amides is 1. The number of halogens is 1. The molecule has 1 aliphatic heterocycles. The van der Waals surface area contributed by atoms with Gasteiger partial charge in [0.1, 0.15) is 0 Å². The van der Waals surface area contributed by atoms with Crippen LogP contribution in [0.25, 0.3) is 0 Å². The second kappa shape index (κ2) is 4.24. The van der Waals surface area contributed by atoms with Crippen molar-refractivity contribution < 1.29 is 4.79 Å². The molecule has 78 valence electrons. The Morgan fingerprint density at radius 2 is 2.20 bits per heavy atom. The molecule has 0 bridgehead atoms. The molecule has 1 aromatic carbocycles. The lowest BCUT2D eigenvalue weighted by Gasteiger charge is -2.07. The molecular formula is C10H9ClN2OS. The number of thioether (sulfide) groups is 1. The molecule has 0 saturated heterocycles. The first-order chi connectivity index (χ1) is 7.16. The number of nitrogens with zero attached hydrogens (tertiary/aromatic N) is 1. The van der Waals surface area contributed by atoms with Gasteiger partial charge in [-0.3, -0.25) is 4.79 Å². The Labute approximate surface area is 96.7 Å². The number of carbonyl (C=O) groups is 1. The monoisotopic (exact) mass is 240 g/mol. The lowest BCUT2D eigenvalue weighted by Crippen LogP contribution is -2.14. The Bertz CT molecular complexity index is 433. The van der Waals surface area contributed by atoms with E-state index in [1.165, 1.54) is 11.8 Å². The highest BCUT2D eigenvalue weighted by molar-refractivity contribution is 8.15. The zero-order valence-corrected chi connectivity index (χ0v) is 9.39. The molecule has 1 aliphatic rings. The topological polar surface area (TPSA) is 55.4 Å². The largest absolute Gasteiger partial charge is 0.378 e. The summed E-state index contributed by atoms with van der Waals surface area (Å²) in [6.45, 7) is 0. The zero-order chi connectivity index (χ0) is 10.8. The van der Waals surface area contributed by atoms with Crippen LogP contribution in [0.4, 0.5) is 0 Å². The molecular weight excluding hydrogens is 232 g/mol. The van der Waals surface area contributed by atoms with Crippen LogP contribution in [-0.4, -0.2) is 16.3 Å². The summed E-state index contributed by atoms with van der Waals surface area (Å²) < 4.78 is 0. The van der Waals surface area contributed by atoms with Crippen LogP contribution in [0.5, 0.6) is 0 Å². The molecule has 2 rings (SSSR count). The second-order valence-corrected chi connectivity index (χ2v) is 4.82. The Hall–Kier alpha value is -1.000. The standard InChI is InChI=1S/C10H9ClN2OS/c11-7-4-2-1-3-6(7)5-8-9(14)13-10(12)15-8/h1-4,8H,5H2,(H2,12,13,14)/t8-/m0/s1. The molecule has 1 atom stereocenters. The van der Waals surface area contributed by atoms with Gasteiger partial charge in [0.15, 0.2) is 5.17 Å². The van der Waals surface area contributed by atoms with Crippen molar-refractivity contribution in [1.29, 1.82) is 0 Å². The quantitative estimate of drug-likeness (QED) is 0.858. The second-order valence-electron chi connectivity index (χ2n) is 3.19. The fourth-order valence-electron chi connectivity index (χ4n) is 1.40. The lowest BCUT2D eigenvalue weighted by atomic mass is 10.1. The highest BCUT2D eigenvalue weighted by Crippen LogP contribution is 2.26. The molecule has 1 aromatic rings. The van der Waals surface area contributed by atoms with Gasteiger partial charge in [-0.25, -0.2) is 0 Å². The first-order valence-corrected chi connectivity index (χ1v) is 5.70. The fourth-order valence-corrected chi connectivity index (χ4v) is 2.46. The van der Waals surface area contributed by atoms with Crippen molar-refractivity contribution in [3.05, 3.63) is 34.9 Å². The van der Waals surface area contributed by atoms with Gasteiger partial charge in [-0.2, -0.15) is 4.99 Å². The van der Waals surface area contributed by atoms with Crippen LogP contribution < -0.4 is 5.73 Å². The molecule has 2 N–H and O–H groups in total. The van der Waals surface area contributed by atoms with E-state index < -0.39 is 0 Å². The summed E-state index contributed by atoms with van der Waals surface area (Å²) in [5, 5.41) is 0.804. The van der Waals surface area contributed by atoms with Gasteiger partial charge in [0.25, 0.3) is 5.91 Å². The molecule has 0 aromatic heterocycles. The number of hydrogen-bond acceptors (Lipinski definition) is 3. The summed E-state index contributed by atoms with van der Waals surface area (Å²) in [7, 11) is 0. The molecule has 1 amide bonds. The summed E-state index contributed by atoms with van der Waals surface area (Å²) >= 11 is 7.29. The summed E-state index contributed by atoms with van der Waals surface area (Å²) in [5.74, 6) is -0.169. The van der Waals surface area contributed by atoms with Crippen molar-refractivity contribution in [3.8, 4) is 0 Å². The van der Waals surface area contributed by atoms with E-state index >= 15 is 0 Å². The average molecular weight is 241 g/mol. The van der Waals surface area contributed by atoms with E-state index in [4.69, 9.17) is 17.3 Å². The SMILES string of the molecule is NC1=NC(=O)[C@H](Cc2ccccc2Cl)S1. The minimum atomic E-state index is -0.218. The van der Waals surface area contributed by atoms with Crippen molar-refractivity contribution in [2.24, 2.45) is 10.7 Å². The predicted molar refractivity (Wildman–Crippen MR) is 63.2 cm³/mol. The number of aliphatic imine (C=N–C) groups is 1. The number of amidine groups is 1. The van der Waals surface area contributed by atoms with E-state index in [2.05, 4.69) is 4.99 Å². The van der Waals surface area contributed by atoms with Gasteiger partial charge in [0.2, 0.25) is 0 Å². The smallest absolute Gasteiger partial charge is 0.261 e. The highest BCUT2D eigenvalue weighted by Gasteiger charge is 2.27. The van der Waals surface area contributed by atoms with E-state index in [0.717, 1.165) is 5.56 Å². The maximum atomic E-state index is 11.4. The van der Waals surface area contributed by atoms with E-state index in [0.29, 0.717) is 16.6 Å². The molecule has 15 heavy (non-hydrogen) atoms. The lowest BCUT2D eigenvalue weighted by molar-refractivity contribution is -0.117. The van der Waals surface area contributed by atoms with Crippen LogP contribution in [0, 0.1) is 0 Å². The van der Waals surface area contributed by atoms with Crippen LogP contribution >= 0.6 is 23.4 Å². The molecule has 5 heteroatoms. The summed E-state index contributed by atoms with van der Waals surface area (Å²) in [6, 6.07) is 7.48. The molecule has 0 saturated carbocycles. The van der Waals surface area contributed by atoms with Gasteiger partial charge in [0.05, 0.1) is 5.25 Å². The predicted octanol–water partition coefficient (Wildman–Crippen LogP) is 1.84. The third kappa shape index (κ3) is 2.33. The van der Waals surface area contributed by atoms with E-state index in [1.54, 1.807) is 0 Å². The third-order valence-electron chi connectivity index (χ3n) is 2.12. The minimum absolute atomic E-state index is 0.169. The van der Waals surface area contributed by atoms with Gasteiger partial charge >= 0.3 is 0 Å². The van der Waals surface area contributed by atoms with Crippen molar-refractivity contribution in [3.63, 3.8) is 0 Å². The maximum Gasteiger partial charge on any atom is 0.261 e. The van der Waals surface area contributed by atoms with Crippen LogP contribution in [0.15, 0.2) is 29.3 Å². The van der Waals surface area contributed by atoms with Crippen LogP contribution in [0.3, 0.4) is 0 Å². The van der Waals surface area contributed by atoms with E-state index in [1.807, 2.05) is 24.3 Å². The van der Waals surface area contributed by atoms with Gasteiger partial charge in [-0.05, 0) is 18.1 Å². The number of benzene rings is 1. The number of carbonyl (C=O) groups excluding carboxylic acids is 1. The average Bonchev–Trinajstić information content (AvgIpc) is 2.49. The number of nitrogens with two attached hydrogens (primary N) is 1. The zero-order valence-electron chi connectivity index (χ0n) is 7.81. The van der Waals surface area contributed by atoms with Crippen molar-refractivity contribution in [1.82, 2.24) is 0 Å². The molecule has 0 unspecified atom stereocenters. The Morgan fingerprint density at radius 3 is 2.80 bits per heavy atom. The molecule has 0 radical (unpaired) electrons. The first kappa shape index (κ1) is 10.5. The maximum absolute atomic E-state index is 11.4. The van der Waals surface area contributed by atoms with Gasteiger partial charge in [-0.1, -0.05) is 41.6 Å². The molecule has 1 heterocycles. The van der Waals surface area contributed by atoms with E-state index in [9.17, 15) is 4.79 Å². The number of hydrogen-bond donors (Lipinski definition) is 1. The number of rotatable bonds is 2. The Balaban J connectivity index is 2.11. The van der Waals surface area contributed by atoms with E-state index in [-0.39, 0.29) is 11.2 Å². The Morgan fingerprint density at radius 1 is 1.47 bits per heavy atom. The fraction of sp³-hybridized carbons (Fsp3) is 0.200. The van der Waals surface area contributed by atoms with Crippen LogP contribution in [0.1, 0.15) is 5.56 Å². The normalized spacial score (nSPS) is 20.5. The summed E-state index contributed by atoms with van der Waals surface area (Å²) in [6.07, 6.45) is 0.577. The minimum Gasteiger partial charge on any atom is -0.378 e. The Kier molecular flexibility index (Phi) is 2.98. The first-order valence-electron chi connectivity index (χ1n) is 4.45.